The Labute approximate surface area is 211 Å². The lowest BCUT2D eigenvalue weighted by Crippen LogP contribution is -2.25. The van der Waals surface area contributed by atoms with E-state index in [1.165, 1.54) is 25.3 Å². The van der Waals surface area contributed by atoms with Crippen molar-refractivity contribution < 1.29 is 27.4 Å². The van der Waals surface area contributed by atoms with Gasteiger partial charge in [-0.05, 0) is 52.2 Å². The number of halogens is 3. The predicted molar refractivity (Wildman–Crippen MR) is 137 cm³/mol. The largest absolute Gasteiger partial charge is 0.493 e. The number of carbonyl (C=O) groups is 1. The molecule has 37 heavy (non-hydrogen) atoms. The topological polar surface area (TPSA) is 51.1 Å². The Balaban J connectivity index is 1.43. The van der Waals surface area contributed by atoms with Crippen LogP contribution < -0.4 is 14.5 Å². The summed E-state index contributed by atoms with van der Waals surface area (Å²) in [5, 5.41) is 6.50. The minimum absolute atomic E-state index is 0.243. The fourth-order valence-corrected chi connectivity index (χ4v) is 4.13. The van der Waals surface area contributed by atoms with Crippen LogP contribution in [0.2, 0.25) is 0 Å². The van der Waals surface area contributed by atoms with E-state index in [0.29, 0.717) is 17.1 Å². The van der Waals surface area contributed by atoms with E-state index in [0.717, 1.165) is 27.4 Å². The molecule has 0 unspecified atom stereocenters. The molecule has 0 fully saturated rings. The highest BCUT2D eigenvalue weighted by molar-refractivity contribution is 6.34. The zero-order valence-electron chi connectivity index (χ0n) is 19.7. The number of benzene rings is 4. The van der Waals surface area contributed by atoms with E-state index in [2.05, 4.69) is 5.10 Å². The maximum Gasteiger partial charge on any atom is 0.435 e. The molecule has 1 aliphatic rings. The lowest BCUT2D eigenvalue weighted by molar-refractivity contribution is -0.114. The maximum atomic E-state index is 13.8. The van der Waals surface area contributed by atoms with Gasteiger partial charge >= 0.3 is 6.18 Å². The van der Waals surface area contributed by atoms with Gasteiger partial charge < -0.3 is 9.47 Å². The Morgan fingerprint density at radius 1 is 0.892 bits per heavy atom. The number of fused-ring (bicyclic) bond motifs is 1. The van der Waals surface area contributed by atoms with Crippen molar-refractivity contribution in [3.8, 4) is 11.5 Å². The van der Waals surface area contributed by atoms with E-state index < -0.39 is 23.4 Å². The van der Waals surface area contributed by atoms with Crippen LogP contribution in [0.1, 0.15) is 11.1 Å². The number of hydrazone groups is 1. The summed E-state index contributed by atoms with van der Waals surface area (Å²) in [6, 6.07) is 26.6. The van der Waals surface area contributed by atoms with Crippen molar-refractivity contribution in [2.24, 2.45) is 5.10 Å². The molecule has 4 aromatic carbocycles. The number of para-hydroxylation sites is 1. The Morgan fingerprint density at radius 2 is 1.62 bits per heavy atom. The summed E-state index contributed by atoms with van der Waals surface area (Å²) in [5.74, 6) is -0.120. The molecule has 1 amide bonds. The van der Waals surface area contributed by atoms with Crippen LogP contribution in [0.3, 0.4) is 0 Å². The first-order chi connectivity index (χ1) is 17.8. The second-order valence-corrected chi connectivity index (χ2v) is 8.29. The van der Waals surface area contributed by atoms with E-state index in [-0.39, 0.29) is 12.3 Å². The first-order valence-electron chi connectivity index (χ1n) is 11.4. The molecule has 0 aromatic heterocycles. The third kappa shape index (κ3) is 4.91. The molecule has 0 atom stereocenters. The highest BCUT2D eigenvalue weighted by atomic mass is 19.4. The highest BCUT2D eigenvalue weighted by Gasteiger charge is 2.46. The SMILES string of the molecule is COc1cc(/C=C2\C(=O)N(c3ccccc3)N=C2C(F)(F)F)ccc1OCc1cccc2ccccc12. The second kappa shape index (κ2) is 9.81. The normalized spacial score (nSPS) is 14.8. The molecule has 1 heterocycles. The molecule has 5 nitrogen and oxygen atoms in total. The lowest BCUT2D eigenvalue weighted by atomic mass is 10.0. The van der Waals surface area contributed by atoms with Crippen molar-refractivity contribution in [1.29, 1.82) is 0 Å². The van der Waals surface area contributed by atoms with Gasteiger partial charge in [0.15, 0.2) is 17.2 Å². The number of hydrogen-bond donors (Lipinski definition) is 0. The molecule has 0 bridgehead atoms. The number of alkyl halides is 3. The minimum Gasteiger partial charge on any atom is -0.493 e. The number of hydrogen-bond acceptors (Lipinski definition) is 4. The van der Waals surface area contributed by atoms with Crippen molar-refractivity contribution >= 4 is 34.2 Å². The molecule has 0 saturated heterocycles. The Bertz CT molecular complexity index is 1520. The molecule has 5 rings (SSSR count). The summed E-state index contributed by atoms with van der Waals surface area (Å²) >= 11 is 0. The Kier molecular flexibility index (Phi) is 6.40. The van der Waals surface area contributed by atoms with Crippen molar-refractivity contribution in [3.05, 3.63) is 108 Å². The number of nitrogens with zero attached hydrogens (tertiary/aromatic N) is 2. The summed E-state index contributed by atoms with van der Waals surface area (Å²) in [7, 11) is 1.44. The molecule has 0 spiro atoms. The van der Waals surface area contributed by atoms with Crippen molar-refractivity contribution in [1.82, 2.24) is 0 Å². The molecule has 0 N–H and O–H groups in total. The van der Waals surface area contributed by atoms with Gasteiger partial charge in [0.05, 0.1) is 18.4 Å². The fourth-order valence-electron chi connectivity index (χ4n) is 4.13. The van der Waals surface area contributed by atoms with Gasteiger partial charge in [-0.25, -0.2) is 0 Å². The van der Waals surface area contributed by atoms with Gasteiger partial charge in [-0.2, -0.15) is 23.3 Å². The average molecular weight is 502 g/mol. The van der Waals surface area contributed by atoms with E-state index >= 15 is 0 Å². The number of methoxy groups -OCH3 is 1. The van der Waals surface area contributed by atoms with E-state index in [9.17, 15) is 18.0 Å². The number of anilines is 1. The van der Waals surface area contributed by atoms with Gasteiger partial charge in [0.2, 0.25) is 0 Å². The standard InChI is InChI=1S/C29H21F3N2O3/c1-36-26-17-19(14-15-25(26)37-18-21-10-7-9-20-8-5-6-13-23(20)21)16-24-27(29(30,31)32)33-34(28(24)35)22-11-3-2-4-12-22/h2-17H,18H2,1H3/b24-16-. The minimum atomic E-state index is -4.81. The first kappa shape index (κ1) is 24.1. The number of ether oxygens (including phenoxy) is 2. The Morgan fingerprint density at radius 3 is 2.38 bits per heavy atom. The number of rotatable bonds is 6. The van der Waals surface area contributed by atoms with Crippen LogP contribution in [-0.4, -0.2) is 24.9 Å². The molecular formula is C29H21F3N2O3. The lowest BCUT2D eigenvalue weighted by Gasteiger charge is -2.13. The van der Waals surface area contributed by atoms with Gasteiger partial charge in [0.25, 0.3) is 5.91 Å². The molecule has 1 aliphatic heterocycles. The second-order valence-electron chi connectivity index (χ2n) is 8.29. The quantitative estimate of drug-likeness (QED) is 0.273. The zero-order valence-corrected chi connectivity index (χ0v) is 19.7. The van der Waals surface area contributed by atoms with Crippen LogP contribution in [-0.2, 0) is 11.4 Å². The monoisotopic (exact) mass is 502 g/mol. The molecule has 0 radical (unpaired) electrons. The summed E-state index contributed by atoms with van der Waals surface area (Å²) in [4.78, 5) is 12.9. The first-order valence-corrected chi connectivity index (χ1v) is 11.4. The third-order valence-electron chi connectivity index (χ3n) is 5.91. The molecule has 0 aliphatic carbocycles. The van der Waals surface area contributed by atoms with E-state index in [4.69, 9.17) is 9.47 Å². The molecule has 186 valence electrons. The van der Waals surface area contributed by atoms with Crippen molar-refractivity contribution in [2.75, 3.05) is 12.1 Å². The van der Waals surface area contributed by atoms with Gasteiger partial charge in [-0.3, -0.25) is 4.79 Å². The van der Waals surface area contributed by atoms with Crippen LogP contribution in [0.4, 0.5) is 18.9 Å². The molecular weight excluding hydrogens is 481 g/mol. The van der Waals surface area contributed by atoms with Gasteiger partial charge in [0, 0.05) is 0 Å². The number of amides is 1. The van der Waals surface area contributed by atoms with Gasteiger partial charge in [-0.15, -0.1) is 0 Å². The summed E-state index contributed by atoms with van der Waals surface area (Å²) in [6.45, 7) is 0.271. The summed E-state index contributed by atoms with van der Waals surface area (Å²) in [5.41, 5.74) is -0.244. The molecule has 8 heteroatoms. The fraction of sp³-hybridized carbons (Fsp3) is 0.103. The van der Waals surface area contributed by atoms with Gasteiger partial charge in [-0.1, -0.05) is 66.7 Å². The number of carbonyl (C=O) groups excluding carboxylic acids is 1. The smallest absolute Gasteiger partial charge is 0.435 e. The summed E-state index contributed by atoms with van der Waals surface area (Å²) in [6.07, 6.45) is -3.65. The maximum absolute atomic E-state index is 13.8. The third-order valence-corrected chi connectivity index (χ3v) is 5.91. The van der Waals surface area contributed by atoms with Gasteiger partial charge in [0.1, 0.15) is 6.61 Å². The van der Waals surface area contributed by atoms with Crippen LogP contribution in [0, 0.1) is 0 Å². The highest BCUT2D eigenvalue weighted by Crippen LogP contribution is 2.35. The van der Waals surface area contributed by atoms with E-state index in [1.807, 2.05) is 42.5 Å². The van der Waals surface area contributed by atoms with Crippen LogP contribution in [0.25, 0.3) is 16.8 Å². The van der Waals surface area contributed by atoms with Crippen molar-refractivity contribution in [2.45, 2.75) is 12.8 Å². The van der Waals surface area contributed by atoms with Crippen LogP contribution in [0.5, 0.6) is 11.5 Å². The average Bonchev–Trinajstić information content (AvgIpc) is 3.24. The van der Waals surface area contributed by atoms with Crippen LogP contribution in [0.15, 0.2) is 102 Å². The predicted octanol–water partition coefficient (Wildman–Crippen LogP) is 6.78. The van der Waals surface area contributed by atoms with Crippen LogP contribution >= 0.6 is 0 Å². The molecule has 0 saturated carbocycles. The molecule has 4 aromatic rings. The zero-order chi connectivity index (χ0) is 26.0. The summed E-state index contributed by atoms with van der Waals surface area (Å²) < 4.78 is 52.7. The Hall–Kier alpha value is -4.59. The van der Waals surface area contributed by atoms with Crippen molar-refractivity contribution in [3.63, 3.8) is 0 Å². The van der Waals surface area contributed by atoms with E-state index in [1.54, 1.807) is 30.3 Å².